The Morgan fingerprint density at radius 1 is 1.53 bits per heavy atom. The van der Waals surface area contributed by atoms with Gasteiger partial charge in [0.25, 0.3) is 0 Å². The highest BCUT2D eigenvalue weighted by atomic mass is 79.9. The van der Waals surface area contributed by atoms with Crippen molar-refractivity contribution in [3.05, 3.63) is 44.7 Å². The van der Waals surface area contributed by atoms with Crippen molar-refractivity contribution in [1.29, 1.82) is 0 Å². The van der Waals surface area contributed by atoms with Crippen LogP contribution in [-0.2, 0) is 6.61 Å². The molecule has 0 spiro atoms. The summed E-state index contributed by atoms with van der Waals surface area (Å²) in [6.45, 7) is 1.91. The van der Waals surface area contributed by atoms with Crippen LogP contribution in [0.3, 0.4) is 0 Å². The van der Waals surface area contributed by atoms with E-state index in [4.69, 9.17) is 26.0 Å². The number of halogens is 2. The molecule has 100 valence electrons. The monoisotopic (exact) mass is 345 g/mol. The van der Waals surface area contributed by atoms with Gasteiger partial charge < -0.3 is 14.4 Å². The summed E-state index contributed by atoms with van der Waals surface area (Å²) in [7, 11) is 0. The van der Waals surface area contributed by atoms with Gasteiger partial charge in [-0.25, -0.2) is 4.79 Å². The van der Waals surface area contributed by atoms with Crippen LogP contribution in [0.1, 0.15) is 21.8 Å². The van der Waals surface area contributed by atoms with Gasteiger partial charge in [-0.2, -0.15) is 0 Å². The number of benzene rings is 1. The SMILES string of the molecule is Cc1cc(Br)cc(Cl)c1OCc1cc(C(=O)O)no1. The molecule has 0 saturated carbocycles. The van der Waals surface area contributed by atoms with E-state index >= 15 is 0 Å². The molecular weight excluding hydrogens is 337 g/mol. The Morgan fingerprint density at radius 3 is 2.84 bits per heavy atom. The van der Waals surface area contributed by atoms with Crippen LogP contribution in [0, 0.1) is 6.92 Å². The minimum absolute atomic E-state index is 0.0580. The lowest BCUT2D eigenvalue weighted by Gasteiger charge is -2.09. The number of carbonyl (C=O) groups is 1. The molecule has 19 heavy (non-hydrogen) atoms. The van der Waals surface area contributed by atoms with E-state index in [1.807, 2.05) is 13.0 Å². The number of aryl methyl sites for hydroxylation is 1. The first-order chi connectivity index (χ1) is 8.97. The number of rotatable bonds is 4. The van der Waals surface area contributed by atoms with Crippen LogP contribution in [0.4, 0.5) is 0 Å². The topological polar surface area (TPSA) is 72.6 Å². The Bertz CT molecular complexity index is 603. The number of aromatic nitrogens is 1. The van der Waals surface area contributed by atoms with Crippen LogP contribution in [-0.4, -0.2) is 16.2 Å². The summed E-state index contributed by atoms with van der Waals surface area (Å²) in [5.74, 6) is -0.304. The summed E-state index contributed by atoms with van der Waals surface area (Å²) < 4.78 is 11.2. The second-order valence-electron chi connectivity index (χ2n) is 3.81. The maximum atomic E-state index is 10.6. The van der Waals surface area contributed by atoms with Crippen LogP contribution in [0.5, 0.6) is 5.75 Å². The molecule has 1 aromatic carbocycles. The molecule has 0 amide bonds. The number of ether oxygens (including phenoxy) is 1. The van der Waals surface area contributed by atoms with Crippen LogP contribution in [0.15, 0.2) is 27.2 Å². The zero-order valence-electron chi connectivity index (χ0n) is 9.81. The molecule has 1 heterocycles. The first-order valence-electron chi connectivity index (χ1n) is 5.24. The second-order valence-corrected chi connectivity index (χ2v) is 5.13. The number of aromatic carboxylic acids is 1. The normalized spacial score (nSPS) is 10.5. The van der Waals surface area contributed by atoms with Gasteiger partial charge in [0.1, 0.15) is 12.4 Å². The summed E-state index contributed by atoms with van der Waals surface area (Å²) >= 11 is 9.39. The van der Waals surface area contributed by atoms with Crippen molar-refractivity contribution >= 4 is 33.5 Å². The minimum Gasteiger partial charge on any atom is -0.484 e. The first kappa shape index (κ1) is 13.9. The molecule has 2 rings (SSSR count). The maximum Gasteiger partial charge on any atom is 0.358 e. The van der Waals surface area contributed by atoms with Gasteiger partial charge in [0.15, 0.2) is 11.5 Å². The lowest BCUT2D eigenvalue weighted by Crippen LogP contribution is -1.97. The number of carboxylic acids is 1. The molecule has 0 aliphatic rings. The molecule has 1 N–H and O–H groups in total. The molecule has 0 saturated heterocycles. The predicted octanol–water partition coefficient (Wildman–Crippen LogP) is 3.68. The lowest BCUT2D eigenvalue weighted by molar-refractivity contribution is 0.0685. The van der Waals surface area contributed by atoms with E-state index in [9.17, 15) is 4.79 Å². The highest BCUT2D eigenvalue weighted by Gasteiger charge is 2.13. The van der Waals surface area contributed by atoms with Gasteiger partial charge in [-0.3, -0.25) is 0 Å². The predicted molar refractivity (Wildman–Crippen MR) is 71.7 cm³/mol. The van der Waals surface area contributed by atoms with Crippen molar-refractivity contribution in [1.82, 2.24) is 5.16 Å². The molecule has 0 radical (unpaired) electrons. The standard InChI is InChI=1S/C12H9BrClNO4/c1-6-2-7(13)3-9(14)11(6)18-5-8-4-10(12(16)17)15-19-8/h2-4H,5H2,1H3,(H,16,17). The largest absolute Gasteiger partial charge is 0.484 e. The number of carboxylic acid groups (broad SMARTS) is 1. The number of hydrogen-bond acceptors (Lipinski definition) is 4. The average molecular weight is 347 g/mol. The van der Waals surface area contributed by atoms with Gasteiger partial charge in [-0.1, -0.05) is 32.7 Å². The Hall–Kier alpha value is -1.53. The van der Waals surface area contributed by atoms with E-state index in [0.717, 1.165) is 10.0 Å². The molecule has 0 unspecified atom stereocenters. The van der Waals surface area contributed by atoms with Gasteiger partial charge in [0.2, 0.25) is 0 Å². The fourth-order valence-corrected chi connectivity index (χ4v) is 2.52. The van der Waals surface area contributed by atoms with Gasteiger partial charge in [-0.05, 0) is 24.6 Å². The molecule has 0 atom stereocenters. The molecule has 1 aromatic heterocycles. The maximum absolute atomic E-state index is 10.6. The zero-order chi connectivity index (χ0) is 14.0. The Kier molecular flexibility index (Phi) is 4.11. The average Bonchev–Trinajstić information content (AvgIpc) is 2.76. The van der Waals surface area contributed by atoms with Crippen LogP contribution >= 0.6 is 27.5 Å². The summed E-state index contributed by atoms with van der Waals surface area (Å²) in [5, 5.41) is 12.6. The molecule has 5 nitrogen and oxygen atoms in total. The third kappa shape index (κ3) is 3.27. The fourth-order valence-electron chi connectivity index (χ4n) is 1.50. The van der Waals surface area contributed by atoms with E-state index in [2.05, 4.69) is 21.1 Å². The van der Waals surface area contributed by atoms with Crippen LogP contribution in [0.25, 0.3) is 0 Å². The molecule has 0 aliphatic carbocycles. The van der Waals surface area contributed by atoms with Gasteiger partial charge in [0, 0.05) is 10.5 Å². The van der Waals surface area contributed by atoms with E-state index in [1.165, 1.54) is 6.07 Å². The third-order valence-electron chi connectivity index (χ3n) is 2.33. The Labute approximate surface area is 122 Å². The van der Waals surface area contributed by atoms with Gasteiger partial charge in [-0.15, -0.1) is 0 Å². The quantitative estimate of drug-likeness (QED) is 0.914. The van der Waals surface area contributed by atoms with Crippen molar-refractivity contribution in [2.24, 2.45) is 0 Å². The van der Waals surface area contributed by atoms with E-state index in [1.54, 1.807) is 6.07 Å². The van der Waals surface area contributed by atoms with Crippen LogP contribution in [0.2, 0.25) is 5.02 Å². The zero-order valence-corrected chi connectivity index (χ0v) is 12.2. The van der Waals surface area contributed by atoms with E-state index in [0.29, 0.717) is 16.5 Å². The molecule has 2 aromatic rings. The summed E-state index contributed by atoms with van der Waals surface area (Å²) in [6, 6.07) is 4.89. The lowest BCUT2D eigenvalue weighted by atomic mass is 10.2. The van der Waals surface area contributed by atoms with Gasteiger partial charge >= 0.3 is 5.97 Å². The highest BCUT2D eigenvalue weighted by Crippen LogP contribution is 2.32. The molecule has 0 aliphatic heterocycles. The third-order valence-corrected chi connectivity index (χ3v) is 3.07. The fraction of sp³-hybridized carbons (Fsp3) is 0.167. The smallest absolute Gasteiger partial charge is 0.358 e. The molecule has 0 bridgehead atoms. The molecular formula is C12H9BrClNO4. The van der Waals surface area contributed by atoms with Crippen molar-refractivity contribution in [2.75, 3.05) is 0 Å². The van der Waals surface area contributed by atoms with E-state index in [-0.39, 0.29) is 12.3 Å². The van der Waals surface area contributed by atoms with Crippen molar-refractivity contribution in [3.8, 4) is 5.75 Å². The van der Waals surface area contributed by atoms with Crippen LogP contribution < -0.4 is 4.74 Å². The van der Waals surface area contributed by atoms with Crippen molar-refractivity contribution in [3.63, 3.8) is 0 Å². The van der Waals surface area contributed by atoms with Gasteiger partial charge in [0.05, 0.1) is 5.02 Å². The summed E-state index contributed by atoms with van der Waals surface area (Å²) in [6.07, 6.45) is 0. The Balaban J connectivity index is 2.12. The second kappa shape index (κ2) is 5.63. The first-order valence-corrected chi connectivity index (χ1v) is 6.42. The van der Waals surface area contributed by atoms with E-state index < -0.39 is 5.97 Å². The van der Waals surface area contributed by atoms with Crippen molar-refractivity contribution in [2.45, 2.75) is 13.5 Å². The number of hydrogen-bond donors (Lipinski definition) is 1. The Morgan fingerprint density at radius 2 is 2.26 bits per heavy atom. The summed E-state index contributed by atoms with van der Waals surface area (Å²) in [4.78, 5) is 10.6. The highest BCUT2D eigenvalue weighted by molar-refractivity contribution is 9.10. The molecule has 7 heteroatoms. The minimum atomic E-state index is -1.15. The number of nitrogens with zero attached hydrogens (tertiary/aromatic N) is 1. The summed E-state index contributed by atoms with van der Waals surface area (Å²) in [5.41, 5.74) is 0.703. The molecule has 0 fully saturated rings. The van der Waals surface area contributed by atoms with Crippen molar-refractivity contribution < 1.29 is 19.2 Å².